The lowest BCUT2D eigenvalue weighted by Gasteiger charge is -2.37. The zero-order chi connectivity index (χ0) is 21.9. The van der Waals surface area contributed by atoms with Gasteiger partial charge >= 0.3 is 6.18 Å². The predicted molar refractivity (Wildman–Crippen MR) is 107 cm³/mol. The zero-order valence-electron chi connectivity index (χ0n) is 16.9. The number of rotatable bonds is 5. The van der Waals surface area contributed by atoms with Crippen LogP contribution >= 0.6 is 0 Å². The lowest BCUT2D eigenvalue weighted by molar-refractivity contribution is -0.139. The first-order valence-electron chi connectivity index (χ1n) is 10.5. The maximum Gasteiger partial charge on any atom is 0.416 e. The molecule has 3 rings (SSSR count). The van der Waals surface area contributed by atoms with Crippen molar-refractivity contribution in [3.63, 3.8) is 0 Å². The fourth-order valence-corrected chi connectivity index (χ4v) is 4.43. The number of nitrogens with two attached hydrogens (primary N) is 1. The van der Waals surface area contributed by atoms with Crippen molar-refractivity contribution in [2.75, 3.05) is 13.1 Å². The number of carbonyl (C=O) groups excluding carboxylic acids is 2. The average Bonchev–Trinajstić information content (AvgIpc) is 2.73. The SMILES string of the molecule is N=C(C(=O)CC1CCN(C(=O)C2CCCCC2N)CC1)c1cccc(C(F)(F)F)c1. The van der Waals surface area contributed by atoms with Crippen LogP contribution in [-0.2, 0) is 15.8 Å². The van der Waals surface area contributed by atoms with Crippen LogP contribution in [-0.4, -0.2) is 41.4 Å². The minimum atomic E-state index is -4.51. The molecule has 2 aliphatic rings. The first kappa shape index (κ1) is 22.5. The second-order valence-corrected chi connectivity index (χ2v) is 8.40. The molecule has 1 aliphatic carbocycles. The summed E-state index contributed by atoms with van der Waals surface area (Å²) < 4.78 is 38.6. The molecule has 1 saturated carbocycles. The van der Waals surface area contributed by atoms with E-state index in [1.807, 2.05) is 4.90 Å². The van der Waals surface area contributed by atoms with Gasteiger partial charge in [-0.05, 0) is 43.7 Å². The Labute approximate surface area is 174 Å². The van der Waals surface area contributed by atoms with E-state index in [0.29, 0.717) is 25.9 Å². The minimum absolute atomic E-state index is 0.0197. The molecule has 0 bridgehead atoms. The molecule has 164 valence electrons. The van der Waals surface area contributed by atoms with Crippen molar-refractivity contribution in [3.8, 4) is 0 Å². The number of Topliss-reactive ketones (excluding diaryl/α,β-unsaturated/α-hetero) is 1. The highest BCUT2D eigenvalue weighted by Crippen LogP contribution is 2.30. The lowest BCUT2D eigenvalue weighted by Crippen LogP contribution is -2.48. The van der Waals surface area contributed by atoms with Crippen LogP contribution in [0.5, 0.6) is 0 Å². The van der Waals surface area contributed by atoms with Crippen molar-refractivity contribution in [3.05, 3.63) is 35.4 Å². The van der Waals surface area contributed by atoms with Crippen LogP contribution in [0.15, 0.2) is 24.3 Å². The Morgan fingerprint density at radius 3 is 2.40 bits per heavy atom. The lowest BCUT2D eigenvalue weighted by atomic mass is 9.83. The van der Waals surface area contributed by atoms with Crippen LogP contribution in [0, 0.1) is 17.2 Å². The Morgan fingerprint density at radius 2 is 1.77 bits per heavy atom. The van der Waals surface area contributed by atoms with Gasteiger partial charge in [0.05, 0.1) is 11.5 Å². The molecular formula is C22H28F3N3O2. The van der Waals surface area contributed by atoms with Gasteiger partial charge in [0.15, 0.2) is 5.78 Å². The van der Waals surface area contributed by atoms with E-state index in [0.717, 1.165) is 37.8 Å². The molecular weight excluding hydrogens is 395 g/mol. The number of hydrogen-bond donors (Lipinski definition) is 2. The maximum atomic E-state index is 12.9. The minimum Gasteiger partial charge on any atom is -0.342 e. The Hall–Kier alpha value is -2.22. The third-order valence-corrected chi connectivity index (χ3v) is 6.29. The molecule has 30 heavy (non-hydrogen) atoms. The number of amides is 1. The number of hydrogen-bond acceptors (Lipinski definition) is 4. The van der Waals surface area contributed by atoms with E-state index in [-0.39, 0.29) is 35.8 Å². The number of piperidine rings is 1. The van der Waals surface area contributed by atoms with Gasteiger partial charge in [-0.1, -0.05) is 25.0 Å². The van der Waals surface area contributed by atoms with E-state index in [1.165, 1.54) is 12.1 Å². The first-order chi connectivity index (χ1) is 14.2. The number of nitrogens with zero attached hydrogens (tertiary/aromatic N) is 1. The summed E-state index contributed by atoms with van der Waals surface area (Å²) in [6, 6.07) is 4.24. The van der Waals surface area contributed by atoms with Crippen LogP contribution in [0.1, 0.15) is 56.1 Å². The molecule has 1 heterocycles. The van der Waals surface area contributed by atoms with Gasteiger partial charge in [0.25, 0.3) is 0 Å². The fourth-order valence-electron chi connectivity index (χ4n) is 4.43. The largest absolute Gasteiger partial charge is 0.416 e. The quantitative estimate of drug-likeness (QED) is 0.707. The van der Waals surface area contributed by atoms with Crippen LogP contribution < -0.4 is 5.73 Å². The molecule has 0 spiro atoms. The van der Waals surface area contributed by atoms with Gasteiger partial charge in [-0.2, -0.15) is 13.2 Å². The molecule has 1 saturated heterocycles. The molecule has 5 nitrogen and oxygen atoms in total. The molecule has 2 fully saturated rings. The number of benzene rings is 1. The molecule has 8 heteroatoms. The van der Waals surface area contributed by atoms with Gasteiger partial charge < -0.3 is 10.6 Å². The molecule has 1 amide bonds. The molecule has 2 unspecified atom stereocenters. The molecule has 1 aromatic carbocycles. The molecule has 0 aromatic heterocycles. The zero-order valence-corrected chi connectivity index (χ0v) is 16.9. The molecule has 2 atom stereocenters. The number of alkyl halides is 3. The fraction of sp³-hybridized carbons (Fsp3) is 0.591. The topological polar surface area (TPSA) is 87.2 Å². The van der Waals surface area contributed by atoms with E-state index < -0.39 is 23.2 Å². The summed E-state index contributed by atoms with van der Waals surface area (Å²) in [5.74, 6) is -0.462. The molecule has 3 N–H and O–H groups in total. The van der Waals surface area contributed by atoms with E-state index in [9.17, 15) is 22.8 Å². The van der Waals surface area contributed by atoms with Crippen LogP contribution in [0.4, 0.5) is 13.2 Å². The van der Waals surface area contributed by atoms with E-state index in [2.05, 4.69) is 0 Å². The Bertz CT molecular complexity index is 801. The van der Waals surface area contributed by atoms with Crippen molar-refractivity contribution in [1.29, 1.82) is 5.41 Å². The maximum absolute atomic E-state index is 12.9. The highest BCUT2D eigenvalue weighted by Gasteiger charge is 2.34. The van der Waals surface area contributed by atoms with Crippen LogP contribution in [0.2, 0.25) is 0 Å². The van der Waals surface area contributed by atoms with E-state index in [4.69, 9.17) is 11.1 Å². The van der Waals surface area contributed by atoms with Crippen LogP contribution in [0.3, 0.4) is 0 Å². The van der Waals surface area contributed by atoms with Crippen molar-refractivity contribution >= 4 is 17.4 Å². The van der Waals surface area contributed by atoms with E-state index in [1.54, 1.807) is 0 Å². The summed E-state index contributed by atoms with van der Waals surface area (Å²) in [7, 11) is 0. The predicted octanol–water partition coefficient (Wildman–Crippen LogP) is 3.79. The summed E-state index contributed by atoms with van der Waals surface area (Å²) in [5, 5.41) is 8.02. The first-order valence-corrected chi connectivity index (χ1v) is 10.5. The number of ketones is 1. The molecule has 1 aliphatic heterocycles. The van der Waals surface area contributed by atoms with Gasteiger partial charge in [-0.3, -0.25) is 15.0 Å². The van der Waals surface area contributed by atoms with Crippen LogP contribution in [0.25, 0.3) is 0 Å². The van der Waals surface area contributed by atoms with Crippen molar-refractivity contribution in [1.82, 2.24) is 4.90 Å². The van der Waals surface area contributed by atoms with Crippen molar-refractivity contribution in [2.45, 2.75) is 57.2 Å². The van der Waals surface area contributed by atoms with Gasteiger partial charge in [-0.25, -0.2) is 0 Å². The average molecular weight is 423 g/mol. The summed E-state index contributed by atoms with van der Waals surface area (Å²) in [6.45, 7) is 1.10. The smallest absolute Gasteiger partial charge is 0.342 e. The van der Waals surface area contributed by atoms with E-state index >= 15 is 0 Å². The second kappa shape index (κ2) is 9.29. The summed E-state index contributed by atoms with van der Waals surface area (Å²) in [4.78, 5) is 27.1. The standard InChI is InChI=1S/C22H28F3N3O2/c23-22(24,25)16-5-3-4-15(13-16)20(27)19(29)12-14-8-10-28(11-9-14)21(30)17-6-1-2-7-18(17)26/h3-5,13-14,17-18,27H,1-2,6-12,26H2. The monoisotopic (exact) mass is 423 g/mol. The summed E-state index contributed by atoms with van der Waals surface area (Å²) in [6.07, 6.45) is 0.676. The third kappa shape index (κ3) is 5.28. The highest BCUT2D eigenvalue weighted by molar-refractivity contribution is 6.45. The number of likely N-dealkylation sites (tertiary alicyclic amines) is 1. The second-order valence-electron chi connectivity index (χ2n) is 8.40. The van der Waals surface area contributed by atoms with Gasteiger partial charge in [0.2, 0.25) is 5.91 Å². The third-order valence-electron chi connectivity index (χ3n) is 6.29. The Morgan fingerprint density at radius 1 is 1.10 bits per heavy atom. The number of halogens is 3. The van der Waals surface area contributed by atoms with Crippen molar-refractivity contribution < 1.29 is 22.8 Å². The highest BCUT2D eigenvalue weighted by atomic mass is 19.4. The van der Waals surface area contributed by atoms with Gasteiger partial charge in [0.1, 0.15) is 5.71 Å². The Balaban J connectivity index is 1.53. The normalized spacial score (nSPS) is 23.3. The van der Waals surface area contributed by atoms with Gasteiger partial charge in [-0.15, -0.1) is 0 Å². The van der Waals surface area contributed by atoms with Gasteiger partial charge in [0, 0.05) is 31.1 Å². The Kier molecular flexibility index (Phi) is 6.95. The molecule has 1 aromatic rings. The number of nitrogens with one attached hydrogen (secondary N) is 1. The molecule has 0 radical (unpaired) electrons. The van der Waals surface area contributed by atoms with Crippen molar-refractivity contribution in [2.24, 2.45) is 17.6 Å². The number of carbonyl (C=O) groups is 2. The summed E-state index contributed by atoms with van der Waals surface area (Å²) >= 11 is 0. The summed E-state index contributed by atoms with van der Waals surface area (Å²) in [5.41, 5.74) is 4.83.